The zero-order valence-corrected chi connectivity index (χ0v) is 17.5. The van der Waals surface area contributed by atoms with Crippen LogP contribution in [0.4, 0.5) is 5.69 Å². The lowest BCUT2D eigenvalue weighted by molar-refractivity contribution is -0.110. The van der Waals surface area contributed by atoms with Crippen molar-refractivity contribution in [2.24, 2.45) is 0 Å². The van der Waals surface area contributed by atoms with Gasteiger partial charge in [-0.2, -0.15) is 0 Å². The molecule has 0 saturated carbocycles. The van der Waals surface area contributed by atoms with E-state index in [9.17, 15) is 18.3 Å². The number of sulfonamides is 1. The first-order chi connectivity index (χ1) is 12.9. The van der Waals surface area contributed by atoms with Crippen molar-refractivity contribution in [3.63, 3.8) is 0 Å². The van der Waals surface area contributed by atoms with Gasteiger partial charge in [-0.1, -0.05) is 32.4 Å². The zero-order chi connectivity index (χ0) is 20.9. The maximum Gasteiger partial charge on any atom is 0.256 e. The average Bonchev–Trinajstić information content (AvgIpc) is 2.91. The maximum atomic E-state index is 12.5. The van der Waals surface area contributed by atoms with Crippen molar-refractivity contribution >= 4 is 44.9 Å². The van der Waals surface area contributed by atoms with Crippen LogP contribution in [0.1, 0.15) is 37.5 Å². The van der Waals surface area contributed by atoms with Crippen LogP contribution < -0.4 is 10.0 Å². The number of carbonyl (C=O) groups is 1. The number of carbonyl (C=O) groups excluding carboxylic acids is 1. The van der Waals surface area contributed by atoms with E-state index >= 15 is 0 Å². The van der Waals surface area contributed by atoms with E-state index in [-0.39, 0.29) is 27.0 Å². The molecule has 0 aliphatic carbocycles. The van der Waals surface area contributed by atoms with Crippen LogP contribution in [0.25, 0.3) is 11.6 Å². The van der Waals surface area contributed by atoms with Gasteiger partial charge in [-0.05, 0) is 54.4 Å². The molecule has 0 saturated heterocycles. The molecule has 3 N–H and O–H groups in total. The van der Waals surface area contributed by atoms with Gasteiger partial charge >= 0.3 is 0 Å². The minimum atomic E-state index is -3.64. The summed E-state index contributed by atoms with van der Waals surface area (Å²) in [4.78, 5) is 12.5. The first-order valence-electron chi connectivity index (χ1n) is 8.58. The second kappa shape index (κ2) is 6.92. The molecule has 8 heteroatoms. The van der Waals surface area contributed by atoms with Gasteiger partial charge in [0.15, 0.2) is 0 Å². The van der Waals surface area contributed by atoms with E-state index < -0.39 is 10.0 Å². The summed E-state index contributed by atoms with van der Waals surface area (Å²) in [7, 11) is -2.31. The first-order valence-corrected chi connectivity index (χ1v) is 10.4. The number of phenolic OH excluding ortho intramolecular Hbond substituents is 1. The number of halogens is 1. The predicted octanol–water partition coefficient (Wildman–Crippen LogP) is 3.74. The molecule has 0 bridgehead atoms. The molecular weight excluding hydrogens is 400 g/mol. The maximum absolute atomic E-state index is 12.5. The molecule has 0 aromatic heterocycles. The van der Waals surface area contributed by atoms with E-state index in [1.54, 1.807) is 24.3 Å². The molecular formula is C20H21ClN2O4S. The molecule has 0 spiro atoms. The highest BCUT2D eigenvalue weighted by molar-refractivity contribution is 7.89. The molecule has 0 atom stereocenters. The Morgan fingerprint density at radius 3 is 2.46 bits per heavy atom. The fourth-order valence-electron chi connectivity index (χ4n) is 3.04. The molecule has 1 aliphatic heterocycles. The van der Waals surface area contributed by atoms with Crippen LogP contribution in [0.2, 0.25) is 5.02 Å². The second-order valence-corrected chi connectivity index (χ2v) is 9.87. The highest BCUT2D eigenvalue weighted by atomic mass is 35.5. The highest BCUT2D eigenvalue weighted by Gasteiger charge is 2.27. The molecule has 1 amide bonds. The number of nitrogens with one attached hydrogen (secondary N) is 2. The van der Waals surface area contributed by atoms with Gasteiger partial charge in [0.2, 0.25) is 10.0 Å². The summed E-state index contributed by atoms with van der Waals surface area (Å²) in [5, 5.41) is 13.2. The largest absolute Gasteiger partial charge is 0.506 e. The smallest absolute Gasteiger partial charge is 0.256 e. The molecule has 6 nitrogen and oxygen atoms in total. The van der Waals surface area contributed by atoms with Gasteiger partial charge in [0, 0.05) is 22.4 Å². The Balaban J connectivity index is 2.17. The molecule has 0 radical (unpaired) electrons. The third-order valence-electron chi connectivity index (χ3n) is 4.56. The van der Waals surface area contributed by atoms with Gasteiger partial charge in [0.05, 0.1) is 9.92 Å². The van der Waals surface area contributed by atoms with Gasteiger partial charge in [0.25, 0.3) is 5.91 Å². The SMILES string of the molecule is CNS(=O)(=O)c1ccc2c(c1)C(=Cc1cc(Cl)c(O)c(C(C)(C)C)c1)C(=O)N2. The minimum Gasteiger partial charge on any atom is -0.506 e. The van der Waals surface area contributed by atoms with Crippen LogP contribution in [-0.4, -0.2) is 26.5 Å². The van der Waals surface area contributed by atoms with E-state index in [2.05, 4.69) is 10.0 Å². The van der Waals surface area contributed by atoms with Crippen LogP contribution in [0.15, 0.2) is 35.2 Å². The van der Waals surface area contributed by atoms with Crippen molar-refractivity contribution in [1.82, 2.24) is 4.72 Å². The molecule has 2 aromatic rings. The summed E-state index contributed by atoms with van der Waals surface area (Å²) < 4.78 is 26.5. The van der Waals surface area contributed by atoms with Crippen molar-refractivity contribution in [2.45, 2.75) is 31.1 Å². The third-order valence-corrected chi connectivity index (χ3v) is 6.26. The number of anilines is 1. The van der Waals surface area contributed by atoms with Crippen molar-refractivity contribution in [3.05, 3.63) is 52.0 Å². The molecule has 0 fully saturated rings. The monoisotopic (exact) mass is 420 g/mol. The first kappa shape index (κ1) is 20.4. The Labute approximate surface area is 169 Å². The van der Waals surface area contributed by atoms with E-state index in [1.165, 1.54) is 19.2 Å². The van der Waals surface area contributed by atoms with Crippen molar-refractivity contribution in [2.75, 3.05) is 12.4 Å². The van der Waals surface area contributed by atoms with Gasteiger partial charge in [-0.25, -0.2) is 13.1 Å². The Hall–Kier alpha value is -2.35. The second-order valence-electron chi connectivity index (χ2n) is 7.58. The molecule has 2 aromatic carbocycles. The molecule has 28 heavy (non-hydrogen) atoms. The van der Waals surface area contributed by atoms with Crippen LogP contribution in [0, 0.1) is 0 Å². The molecule has 0 unspecified atom stereocenters. The number of amides is 1. The van der Waals surface area contributed by atoms with Crippen LogP contribution >= 0.6 is 11.6 Å². The normalized spacial score (nSPS) is 15.6. The topological polar surface area (TPSA) is 95.5 Å². The summed E-state index contributed by atoms with van der Waals surface area (Å²) in [5.41, 5.74) is 2.27. The molecule has 1 heterocycles. The lowest BCUT2D eigenvalue weighted by atomic mass is 9.85. The molecule has 1 aliphatic rings. The van der Waals surface area contributed by atoms with E-state index in [1.807, 2.05) is 20.8 Å². The highest BCUT2D eigenvalue weighted by Crippen LogP contribution is 2.39. The van der Waals surface area contributed by atoms with Gasteiger partial charge < -0.3 is 10.4 Å². The number of hydrogen-bond acceptors (Lipinski definition) is 4. The minimum absolute atomic E-state index is 0.00925. The number of aromatic hydroxyl groups is 1. The fourth-order valence-corrected chi connectivity index (χ4v) is 4.02. The summed E-state index contributed by atoms with van der Waals surface area (Å²) in [5.74, 6) is -0.328. The van der Waals surface area contributed by atoms with E-state index in [0.29, 0.717) is 28.0 Å². The Bertz CT molecular complexity index is 1120. The van der Waals surface area contributed by atoms with Gasteiger partial charge in [-0.3, -0.25) is 4.79 Å². The van der Waals surface area contributed by atoms with Crippen LogP contribution in [-0.2, 0) is 20.2 Å². The number of fused-ring (bicyclic) bond motifs is 1. The van der Waals surface area contributed by atoms with Crippen molar-refractivity contribution in [1.29, 1.82) is 0 Å². The Morgan fingerprint density at radius 2 is 1.86 bits per heavy atom. The van der Waals surface area contributed by atoms with Crippen LogP contribution in [0.5, 0.6) is 5.75 Å². The fraction of sp³-hybridized carbons (Fsp3) is 0.250. The number of benzene rings is 2. The molecule has 148 valence electrons. The van der Waals surface area contributed by atoms with E-state index in [4.69, 9.17) is 11.6 Å². The summed E-state index contributed by atoms with van der Waals surface area (Å²) in [6.07, 6.45) is 1.64. The lowest BCUT2D eigenvalue weighted by Crippen LogP contribution is -2.18. The summed E-state index contributed by atoms with van der Waals surface area (Å²) in [6, 6.07) is 7.79. The van der Waals surface area contributed by atoms with Gasteiger partial charge in [0.1, 0.15) is 5.75 Å². The van der Waals surface area contributed by atoms with E-state index in [0.717, 1.165) is 0 Å². The summed E-state index contributed by atoms with van der Waals surface area (Å²) >= 11 is 6.18. The van der Waals surface area contributed by atoms with Crippen LogP contribution in [0.3, 0.4) is 0 Å². The Kier molecular flexibility index (Phi) is 5.04. The summed E-state index contributed by atoms with van der Waals surface area (Å²) in [6.45, 7) is 5.84. The lowest BCUT2D eigenvalue weighted by Gasteiger charge is -2.21. The van der Waals surface area contributed by atoms with Gasteiger partial charge in [-0.15, -0.1) is 0 Å². The number of rotatable bonds is 3. The number of hydrogen-bond donors (Lipinski definition) is 3. The number of phenols is 1. The molecule has 3 rings (SSSR count). The quantitative estimate of drug-likeness (QED) is 0.659. The predicted molar refractivity (Wildman–Crippen MR) is 111 cm³/mol. The van der Waals surface area contributed by atoms with Crippen molar-refractivity contribution < 1.29 is 18.3 Å². The standard InChI is InChI=1S/C20H21ClN2O4S/c1-20(2,3)15-8-11(9-16(21)18(15)24)7-14-13-10-12(28(26,27)22-4)5-6-17(13)23-19(14)25/h5-10,22,24H,1-4H3,(H,23,25). The zero-order valence-electron chi connectivity index (χ0n) is 15.9. The third kappa shape index (κ3) is 3.65. The average molecular weight is 421 g/mol. The van der Waals surface area contributed by atoms with Crippen molar-refractivity contribution in [3.8, 4) is 5.75 Å². The Morgan fingerprint density at radius 1 is 1.18 bits per heavy atom.